The second kappa shape index (κ2) is 8.32. The molecular weight excluding hydrogens is 258 g/mol. The first-order valence-electron chi connectivity index (χ1n) is 6.67. The smallest absolute Gasteiger partial charge is 0.407 e. The van der Waals surface area contributed by atoms with Gasteiger partial charge >= 0.3 is 6.09 Å². The fourth-order valence-electron chi connectivity index (χ4n) is 1.79. The summed E-state index contributed by atoms with van der Waals surface area (Å²) in [6.45, 7) is 3.36. The van der Waals surface area contributed by atoms with E-state index < -0.39 is 18.2 Å². The van der Waals surface area contributed by atoms with Gasteiger partial charge in [0.05, 0.1) is 12.1 Å². The second-order valence-corrected chi connectivity index (χ2v) is 4.69. The van der Waals surface area contributed by atoms with Crippen LogP contribution in [0.5, 0.6) is 0 Å². The summed E-state index contributed by atoms with van der Waals surface area (Å²) in [6.07, 6.45) is -0.845. The van der Waals surface area contributed by atoms with Gasteiger partial charge in [0.25, 0.3) is 0 Å². The molecule has 0 saturated heterocycles. The maximum absolute atomic E-state index is 11.7. The summed E-state index contributed by atoms with van der Waals surface area (Å²) in [5.41, 5.74) is 0.877. The molecule has 0 fully saturated rings. The molecule has 1 unspecified atom stereocenters. The van der Waals surface area contributed by atoms with Crippen LogP contribution in [0.1, 0.15) is 32.3 Å². The molecule has 2 atom stereocenters. The summed E-state index contributed by atoms with van der Waals surface area (Å²) in [7, 11) is 0. The van der Waals surface area contributed by atoms with Crippen LogP contribution in [0.25, 0.3) is 0 Å². The largest absolute Gasteiger partial charge is 0.445 e. The maximum atomic E-state index is 11.7. The van der Waals surface area contributed by atoms with Gasteiger partial charge in [-0.25, -0.2) is 4.79 Å². The number of rotatable bonds is 7. The highest BCUT2D eigenvalue weighted by molar-refractivity contribution is 5.77. The summed E-state index contributed by atoms with van der Waals surface area (Å²) >= 11 is 0. The van der Waals surface area contributed by atoms with Crippen molar-refractivity contribution < 1.29 is 19.4 Å². The van der Waals surface area contributed by atoms with Crippen LogP contribution in [-0.4, -0.2) is 29.1 Å². The van der Waals surface area contributed by atoms with E-state index >= 15 is 0 Å². The van der Waals surface area contributed by atoms with E-state index in [4.69, 9.17) is 4.74 Å². The topological polar surface area (TPSA) is 75.6 Å². The van der Waals surface area contributed by atoms with Crippen molar-refractivity contribution >= 4 is 11.9 Å². The van der Waals surface area contributed by atoms with E-state index in [-0.39, 0.29) is 18.8 Å². The van der Waals surface area contributed by atoms with Crippen molar-refractivity contribution in [3.8, 4) is 0 Å². The normalized spacial score (nSPS) is 13.3. The van der Waals surface area contributed by atoms with Crippen molar-refractivity contribution in [2.45, 2.75) is 45.4 Å². The molecule has 2 N–H and O–H groups in total. The summed E-state index contributed by atoms with van der Waals surface area (Å²) < 4.78 is 5.06. The highest BCUT2D eigenvalue weighted by atomic mass is 16.5. The molecule has 110 valence electrons. The van der Waals surface area contributed by atoms with E-state index in [0.717, 1.165) is 5.56 Å². The average Bonchev–Trinajstić information content (AvgIpc) is 2.44. The zero-order valence-corrected chi connectivity index (χ0v) is 11.8. The Labute approximate surface area is 118 Å². The Morgan fingerprint density at radius 3 is 2.50 bits per heavy atom. The molecule has 20 heavy (non-hydrogen) atoms. The number of hydrogen-bond acceptors (Lipinski definition) is 4. The third-order valence-electron chi connectivity index (χ3n) is 2.91. The van der Waals surface area contributed by atoms with Gasteiger partial charge in [0, 0.05) is 6.42 Å². The van der Waals surface area contributed by atoms with Crippen LogP contribution in [0.15, 0.2) is 30.3 Å². The molecule has 0 heterocycles. The Bertz CT molecular complexity index is 433. The van der Waals surface area contributed by atoms with E-state index in [1.165, 1.54) is 6.92 Å². The fraction of sp³-hybridized carbons (Fsp3) is 0.467. The molecular formula is C15H21NO4. The summed E-state index contributed by atoms with van der Waals surface area (Å²) in [5, 5.41) is 12.3. The highest BCUT2D eigenvalue weighted by Crippen LogP contribution is 2.06. The number of hydrogen-bond donors (Lipinski definition) is 2. The van der Waals surface area contributed by atoms with Gasteiger partial charge in [-0.1, -0.05) is 37.3 Å². The van der Waals surface area contributed by atoms with Crippen LogP contribution in [-0.2, 0) is 16.1 Å². The third kappa shape index (κ3) is 5.84. The molecule has 1 aromatic rings. The number of Topliss-reactive ketones (excluding diaryl/α,β-unsaturated/α-hetero) is 1. The van der Waals surface area contributed by atoms with Gasteiger partial charge in [-0.05, 0) is 18.9 Å². The number of amides is 1. The Hall–Kier alpha value is -1.88. The monoisotopic (exact) mass is 279 g/mol. The van der Waals surface area contributed by atoms with Crippen LogP contribution in [0.2, 0.25) is 0 Å². The number of aliphatic hydroxyl groups is 1. The minimum absolute atomic E-state index is 0.0918. The van der Waals surface area contributed by atoms with Gasteiger partial charge in [0.2, 0.25) is 0 Å². The quantitative estimate of drug-likeness (QED) is 0.800. The maximum Gasteiger partial charge on any atom is 0.407 e. The Kier molecular flexibility index (Phi) is 6.73. The molecule has 0 aliphatic heterocycles. The number of nitrogens with one attached hydrogen (secondary N) is 1. The van der Waals surface area contributed by atoms with Crippen LogP contribution >= 0.6 is 0 Å². The van der Waals surface area contributed by atoms with Gasteiger partial charge < -0.3 is 15.2 Å². The minimum atomic E-state index is -0.761. The number of carbonyl (C=O) groups excluding carboxylic acids is 2. The van der Waals surface area contributed by atoms with E-state index in [0.29, 0.717) is 6.42 Å². The Morgan fingerprint density at radius 2 is 1.95 bits per heavy atom. The third-order valence-corrected chi connectivity index (χ3v) is 2.91. The number of aliphatic hydroxyl groups excluding tert-OH is 1. The lowest BCUT2D eigenvalue weighted by molar-refractivity contribution is -0.118. The predicted octanol–water partition coefficient (Wildman–Crippen LogP) is 2.03. The second-order valence-electron chi connectivity index (χ2n) is 4.69. The van der Waals surface area contributed by atoms with Gasteiger partial charge in [0.1, 0.15) is 12.4 Å². The molecule has 0 saturated carbocycles. The number of carbonyl (C=O) groups is 2. The highest BCUT2D eigenvalue weighted by Gasteiger charge is 2.22. The van der Waals surface area contributed by atoms with Crippen molar-refractivity contribution in [2.75, 3.05) is 0 Å². The molecule has 0 bridgehead atoms. The van der Waals surface area contributed by atoms with Gasteiger partial charge in [-0.15, -0.1) is 0 Å². The van der Waals surface area contributed by atoms with E-state index in [1.54, 1.807) is 6.92 Å². The van der Waals surface area contributed by atoms with E-state index in [2.05, 4.69) is 5.32 Å². The summed E-state index contributed by atoms with van der Waals surface area (Å²) in [4.78, 5) is 22.8. The van der Waals surface area contributed by atoms with Crippen molar-refractivity contribution in [3.63, 3.8) is 0 Å². The van der Waals surface area contributed by atoms with Gasteiger partial charge in [-0.3, -0.25) is 4.79 Å². The molecule has 1 rings (SSSR count). The SMILES string of the molecule is CCC(O)[C@H](CC(C)=O)NC(=O)OCc1ccccc1. The first-order valence-corrected chi connectivity index (χ1v) is 6.67. The van der Waals surface area contributed by atoms with Crippen LogP contribution in [0.4, 0.5) is 4.79 Å². The summed E-state index contributed by atoms with van der Waals surface area (Å²) in [5.74, 6) is -0.0918. The molecule has 5 heteroatoms. The van der Waals surface area contributed by atoms with Gasteiger partial charge in [-0.2, -0.15) is 0 Å². The van der Waals surface area contributed by atoms with E-state index in [1.807, 2.05) is 30.3 Å². The molecule has 0 spiro atoms. The lowest BCUT2D eigenvalue weighted by Crippen LogP contribution is -2.44. The Morgan fingerprint density at radius 1 is 1.30 bits per heavy atom. The number of alkyl carbamates (subject to hydrolysis) is 1. The first kappa shape index (κ1) is 16.2. The molecule has 1 aromatic carbocycles. The predicted molar refractivity (Wildman–Crippen MR) is 75.1 cm³/mol. The molecule has 5 nitrogen and oxygen atoms in total. The number of ketones is 1. The molecule has 1 amide bonds. The summed E-state index contributed by atoms with van der Waals surface area (Å²) in [6, 6.07) is 8.68. The van der Waals surface area contributed by atoms with Crippen LogP contribution in [0.3, 0.4) is 0 Å². The number of benzene rings is 1. The lowest BCUT2D eigenvalue weighted by atomic mass is 10.0. The fourth-order valence-corrected chi connectivity index (χ4v) is 1.79. The van der Waals surface area contributed by atoms with Crippen molar-refractivity contribution in [2.24, 2.45) is 0 Å². The molecule has 0 aliphatic rings. The standard InChI is InChI=1S/C15H21NO4/c1-3-14(18)13(9-11(2)17)16-15(19)20-10-12-7-5-4-6-8-12/h4-8,13-14,18H,3,9-10H2,1-2H3,(H,16,19)/t13-,14?/m0/s1. The first-order chi connectivity index (χ1) is 9.52. The van der Waals surface area contributed by atoms with Crippen molar-refractivity contribution in [1.29, 1.82) is 0 Å². The van der Waals surface area contributed by atoms with Crippen molar-refractivity contribution in [3.05, 3.63) is 35.9 Å². The van der Waals surface area contributed by atoms with Crippen LogP contribution in [0, 0.1) is 0 Å². The van der Waals surface area contributed by atoms with E-state index in [9.17, 15) is 14.7 Å². The number of ether oxygens (including phenoxy) is 1. The van der Waals surface area contributed by atoms with Crippen molar-refractivity contribution in [1.82, 2.24) is 5.32 Å². The van der Waals surface area contributed by atoms with Crippen LogP contribution < -0.4 is 5.32 Å². The molecule has 0 aliphatic carbocycles. The minimum Gasteiger partial charge on any atom is -0.445 e. The zero-order chi connectivity index (χ0) is 15.0. The molecule has 0 aromatic heterocycles. The molecule has 0 radical (unpaired) electrons. The average molecular weight is 279 g/mol. The lowest BCUT2D eigenvalue weighted by Gasteiger charge is -2.21. The zero-order valence-electron chi connectivity index (χ0n) is 11.8. The van der Waals surface area contributed by atoms with Gasteiger partial charge in [0.15, 0.2) is 0 Å². The Balaban J connectivity index is 2.47.